The molecule has 156 valence electrons. The molecule has 1 saturated heterocycles. The standard InChI is InChI=1S/C23H24N2O5/c1-14(2)15-7-9-16(10-8-15)30-20-6-4-5-17(18(20)13-26)23(29)25(3)19-11-12-21(27)24-22(19)28/h4-10,13-14,19H,11-12H2,1-3H3,(H,24,27,28). The van der Waals surface area contributed by atoms with Crippen LogP contribution < -0.4 is 10.1 Å². The Bertz CT molecular complexity index is 982. The molecule has 0 aromatic heterocycles. The zero-order chi connectivity index (χ0) is 21.8. The molecule has 1 aliphatic rings. The van der Waals surface area contributed by atoms with Gasteiger partial charge in [-0.2, -0.15) is 0 Å². The van der Waals surface area contributed by atoms with Gasteiger partial charge in [-0.25, -0.2) is 0 Å². The molecule has 2 aromatic rings. The Morgan fingerprint density at radius 3 is 2.47 bits per heavy atom. The maximum atomic E-state index is 13.0. The van der Waals surface area contributed by atoms with Crippen LogP contribution in [0.3, 0.4) is 0 Å². The average molecular weight is 408 g/mol. The molecule has 1 N–H and O–H groups in total. The van der Waals surface area contributed by atoms with Crippen LogP contribution in [-0.4, -0.2) is 42.0 Å². The largest absolute Gasteiger partial charge is 0.457 e. The monoisotopic (exact) mass is 408 g/mol. The van der Waals surface area contributed by atoms with Gasteiger partial charge in [0.25, 0.3) is 5.91 Å². The van der Waals surface area contributed by atoms with E-state index in [2.05, 4.69) is 19.2 Å². The highest BCUT2D eigenvalue weighted by atomic mass is 16.5. The van der Waals surface area contributed by atoms with Gasteiger partial charge in [0.05, 0.1) is 11.1 Å². The Hall–Kier alpha value is -3.48. The number of aldehydes is 1. The summed E-state index contributed by atoms with van der Waals surface area (Å²) in [6.45, 7) is 4.18. The van der Waals surface area contributed by atoms with E-state index in [1.807, 2.05) is 24.3 Å². The zero-order valence-corrected chi connectivity index (χ0v) is 17.2. The molecule has 30 heavy (non-hydrogen) atoms. The van der Waals surface area contributed by atoms with Gasteiger partial charge in [-0.15, -0.1) is 0 Å². The van der Waals surface area contributed by atoms with Crippen molar-refractivity contribution in [2.24, 2.45) is 0 Å². The van der Waals surface area contributed by atoms with E-state index in [0.29, 0.717) is 18.0 Å². The molecule has 0 spiro atoms. The minimum atomic E-state index is -0.775. The molecule has 7 nitrogen and oxygen atoms in total. The van der Waals surface area contributed by atoms with Crippen molar-refractivity contribution in [1.29, 1.82) is 0 Å². The fourth-order valence-electron chi connectivity index (χ4n) is 3.37. The van der Waals surface area contributed by atoms with Crippen LogP contribution in [0.5, 0.6) is 11.5 Å². The van der Waals surface area contributed by atoms with Crippen LogP contribution in [0.1, 0.15) is 58.9 Å². The molecule has 7 heteroatoms. The van der Waals surface area contributed by atoms with Crippen molar-refractivity contribution in [2.45, 2.75) is 38.6 Å². The number of nitrogens with zero attached hydrogens (tertiary/aromatic N) is 1. The summed E-state index contributed by atoms with van der Waals surface area (Å²) in [5, 5.41) is 2.24. The number of likely N-dealkylation sites (N-methyl/N-ethyl adjacent to an activating group) is 1. The second-order valence-electron chi connectivity index (χ2n) is 7.54. The van der Waals surface area contributed by atoms with E-state index in [1.54, 1.807) is 12.1 Å². The maximum absolute atomic E-state index is 13.0. The molecule has 1 unspecified atom stereocenters. The first kappa shape index (κ1) is 21.2. The van der Waals surface area contributed by atoms with Crippen LogP contribution in [0.25, 0.3) is 0 Å². The quantitative estimate of drug-likeness (QED) is 0.585. The van der Waals surface area contributed by atoms with Gasteiger partial charge in [0, 0.05) is 13.5 Å². The number of hydrogen-bond donors (Lipinski definition) is 1. The number of amides is 3. The highest BCUT2D eigenvalue weighted by Crippen LogP contribution is 2.29. The molecule has 0 aliphatic carbocycles. The molecule has 0 radical (unpaired) electrons. The van der Waals surface area contributed by atoms with Crippen LogP contribution in [0.4, 0.5) is 0 Å². The summed E-state index contributed by atoms with van der Waals surface area (Å²) in [6, 6.07) is 11.5. The van der Waals surface area contributed by atoms with E-state index >= 15 is 0 Å². The molecule has 3 rings (SSSR count). The van der Waals surface area contributed by atoms with E-state index in [-0.39, 0.29) is 35.6 Å². The summed E-state index contributed by atoms with van der Waals surface area (Å²) in [7, 11) is 1.48. The van der Waals surface area contributed by atoms with Crippen molar-refractivity contribution in [3.05, 3.63) is 59.2 Å². The van der Waals surface area contributed by atoms with E-state index in [1.165, 1.54) is 18.0 Å². The Morgan fingerprint density at radius 1 is 1.17 bits per heavy atom. The minimum absolute atomic E-state index is 0.106. The predicted octanol–water partition coefficient (Wildman–Crippen LogP) is 3.29. The lowest BCUT2D eigenvalue weighted by molar-refractivity contribution is -0.136. The van der Waals surface area contributed by atoms with Crippen LogP contribution in [0.2, 0.25) is 0 Å². The lowest BCUT2D eigenvalue weighted by atomic mass is 10.0. The number of carbonyl (C=O) groups is 4. The molecule has 1 heterocycles. The van der Waals surface area contributed by atoms with Gasteiger partial charge in [-0.1, -0.05) is 32.0 Å². The van der Waals surface area contributed by atoms with Gasteiger partial charge < -0.3 is 9.64 Å². The van der Waals surface area contributed by atoms with Gasteiger partial charge in [-0.3, -0.25) is 24.5 Å². The van der Waals surface area contributed by atoms with E-state index in [9.17, 15) is 19.2 Å². The van der Waals surface area contributed by atoms with Crippen molar-refractivity contribution in [1.82, 2.24) is 10.2 Å². The summed E-state index contributed by atoms with van der Waals surface area (Å²) < 4.78 is 5.86. The number of imide groups is 1. The Balaban J connectivity index is 1.85. The molecular formula is C23H24N2O5. The smallest absolute Gasteiger partial charge is 0.255 e. The second-order valence-corrected chi connectivity index (χ2v) is 7.54. The van der Waals surface area contributed by atoms with E-state index in [4.69, 9.17) is 4.74 Å². The number of rotatable bonds is 6. The number of benzene rings is 2. The normalized spacial score (nSPS) is 16.2. The average Bonchev–Trinajstić information content (AvgIpc) is 2.73. The molecular weight excluding hydrogens is 384 g/mol. The van der Waals surface area contributed by atoms with Gasteiger partial charge in [0.1, 0.15) is 17.5 Å². The van der Waals surface area contributed by atoms with Crippen LogP contribution in [0.15, 0.2) is 42.5 Å². The number of carbonyl (C=O) groups excluding carboxylic acids is 4. The minimum Gasteiger partial charge on any atom is -0.457 e. The van der Waals surface area contributed by atoms with Crippen molar-refractivity contribution in [3.63, 3.8) is 0 Å². The van der Waals surface area contributed by atoms with E-state index in [0.717, 1.165) is 5.56 Å². The Labute approximate surface area is 175 Å². The van der Waals surface area contributed by atoms with Gasteiger partial charge in [0.15, 0.2) is 6.29 Å². The summed E-state index contributed by atoms with van der Waals surface area (Å²) in [6.07, 6.45) is 0.967. The first-order valence-electron chi connectivity index (χ1n) is 9.78. The third-order valence-electron chi connectivity index (χ3n) is 5.19. The molecule has 0 saturated carbocycles. The number of piperidine rings is 1. The summed E-state index contributed by atoms with van der Waals surface area (Å²) >= 11 is 0. The zero-order valence-electron chi connectivity index (χ0n) is 17.2. The van der Waals surface area contributed by atoms with Gasteiger partial charge in [0.2, 0.25) is 11.8 Å². The third kappa shape index (κ3) is 4.40. The highest BCUT2D eigenvalue weighted by Gasteiger charge is 2.33. The predicted molar refractivity (Wildman–Crippen MR) is 111 cm³/mol. The van der Waals surface area contributed by atoms with Crippen LogP contribution in [0, 0.1) is 0 Å². The van der Waals surface area contributed by atoms with Gasteiger partial charge >= 0.3 is 0 Å². The van der Waals surface area contributed by atoms with Crippen molar-refractivity contribution in [3.8, 4) is 11.5 Å². The summed E-state index contributed by atoms with van der Waals surface area (Å²) in [5.74, 6) is -0.187. The maximum Gasteiger partial charge on any atom is 0.255 e. The first-order valence-corrected chi connectivity index (χ1v) is 9.78. The van der Waals surface area contributed by atoms with E-state index < -0.39 is 17.9 Å². The fraction of sp³-hybridized carbons (Fsp3) is 0.304. The highest BCUT2D eigenvalue weighted by molar-refractivity contribution is 6.06. The Kier molecular flexibility index (Phi) is 6.30. The van der Waals surface area contributed by atoms with Crippen molar-refractivity contribution in [2.75, 3.05) is 7.05 Å². The number of ether oxygens (including phenoxy) is 1. The van der Waals surface area contributed by atoms with Gasteiger partial charge in [-0.05, 0) is 42.2 Å². The third-order valence-corrected chi connectivity index (χ3v) is 5.19. The second kappa shape index (κ2) is 8.90. The van der Waals surface area contributed by atoms with Crippen molar-refractivity contribution >= 4 is 24.0 Å². The summed E-state index contributed by atoms with van der Waals surface area (Å²) in [5.41, 5.74) is 1.40. The fourth-order valence-corrected chi connectivity index (χ4v) is 3.37. The van der Waals surface area contributed by atoms with Crippen LogP contribution >= 0.6 is 0 Å². The number of nitrogens with one attached hydrogen (secondary N) is 1. The first-order chi connectivity index (χ1) is 14.3. The topological polar surface area (TPSA) is 92.8 Å². The lowest BCUT2D eigenvalue weighted by Crippen LogP contribution is -2.53. The van der Waals surface area contributed by atoms with Crippen LogP contribution in [-0.2, 0) is 9.59 Å². The number of hydrogen-bond acceptors (Lipinski definition) is 5. The molecule has 1 atom stereocenters. The molecule has 1 aliphatic heterocycles. The van der Waals surface area contributed by atoms with Crippen molar-refractivity contribution < 1.29 is 23.9 Å². The summed E-state index contributed by atoms with van der Waals surface area (Å²) in [4.78, 5) is 49.6. The lowest BCUT2D eigenvalue weighted by Gasteiger charge is -2.30. The SMILES string of the molecule is CC(C)c1ccc(Oc2cccc(C(=O)N(C)C3CCC(=O)NC3=O)c2C=O)cc1. The Morgan fingerprint density at radius 2 is 1.87 bits per heavy atom. The molecule has 2 aromatic carbocycles. The molecule has 1 fully saturated rings. The molecule has 0 bridgehead atoms. The molecule has 3 amide bonds.